The van der Waals surface area contributed by atoms with Crippen molar-refractivity contribution in [2.24, 2.45) is 0 Å². The summed E-state index contributed by atoms with van der Waals surface area (Å²) in [4.78, 5) is 17.8. The lowest BCUT2D eigenvalue weighted by Gasteiger charge is -1.96. The zero-order chi connectivity index (χ0) is 20.1. The van der Waals surface area contributed by atoms with Crippen molar-refractivity contribution in [2.45, 2.75) is 6.92 Å². The minimum atomic E-state index is 0.910. The normalized spacial score (nSPS) is 12.6. The van der Waals surface area contributed by atoms with E-state index in [9.17, 15) is 0 Å². The van der Waals surface area contributed by atoms with Gasteiger partial charge in [-0.3, -0.25) is 0 Å². The Bertz CT molecular complexity index is 1510. The number of nitrogens with zero attached hydrogens (tertiary/aromatic N) is 2. The second-order valence-electron chi connectivity index (χ2n) is 7.52. The van der Waals surface area contributed by atoms with E-state index in [2.05, 4.69) is 69.7 Å². The maximum Gasteiger partial charge on any atom is 0.0659 e. The van der Waals surface area contributed by atoms with E-state index in [0.29, 0.717) is 0 Å². The van der Waals surface area contributed by atoms with Crippen molar-refractivity contribution >= 4 is 57.7 Å². The fourth-order valence-corrected chi connectivity index (χ4v) is 4.81. The molecule has 0 unspecified atom stereocenters. The Morgan fingerprint density at radius 3 is 2.03 bits per heavy atom. The molecule has 4 nitrogen and oxygen atoms in total. The van der Waals surface area contributed by atoms with E-state index < -0.39 is 0 Å². The van der Waals surface area contributed by atoms with Gasteiger partial charge in [0.15, 0.2) is 0 Å². The average molecular weight is 407 g/mol. The maximum absolute atomic E-state index is 4.77. The van der Waals surface area contributed by atoms with Gasteiger partial charge >= 0.3 is 0 Å². The Balaban J connectivity index is 1.70. The predicted octanol–water partition coefficient (Wildman–Crippen LogP) is 6.69. The van der Waals surface area contributed by atoms with E-state index in [1.54, 1.807) is 11.3 Å². The second kappa shape index (κ2) is 6.68. The van der Waals surface area contributed by atoms with Crippen LogP contribution in [0.15, 0.2) is 53.9 Å². The SMILES string of the molecule is Cc1ccsc1-c1cc2cc3ccc(cc4nc(cc5nc(cc1[nH]2)C=C5)C=C4)[nH]3. The van der Waals surface area contributed by atoms with Crippen molar-refractivity contribution in [3.05, 3.63) is 82.3 Å². The number of thiophene rings is 1. The lowest BCUT2D eigenvalue weighted by molar-refractivity contribution is 1.28. The first-order valence-electron chi connectivity index (χ1n) is 9.83. The highest BCUT2D eigenvalue weighted by Crippen LogP contribution is 2.33. The third-order valence-electron chi connectivity index (χ3n) is 5.28. The molecule has 144 valence electrons. The molecule has 0 spiro atoms. The Labute approximate surface area is 177 Å². The molecule has 2 aliphatic heterocycles. The maximum atomic E-state index is 4.77. The van der Waals surface area contributed by atoms with Crippen LogP contribution < -0.4 is 0 Å². The fraction of sp³-hybridized carbons (Fsp3) is 0.0400. The first-order valence-corrected chi connectivity index (χ1v) is 10.7. The van der Waals surface area contributed by atoms with Crippen LogP contribution in [0.2, 0.25) is 0 Å². The molecule has 0 saturated heterocycles. The van der Waals surface area contributed by atoms with E-state index in [-0.39, 0.29) is 0 Å². The number of aromatic nitrogens is 4. The summed E-state index contributed by atoms with van der Waals surface area (Å²) in [6, 6.07) is 16.9. The second-order valence-corrected chi connectivity index (χ2v) is 8.44. The lowest BCUT2D eigenvalue weighted by Crippen LogP contribution is -1.78. The smallest absolute Gasteiger partial charge is 0.0659 e. The number of hydrogen-bond donors (Lipinski definition) is 2. The van der Waals surface area contributed by atoms with Gasteiger partial charge in [0.2, 0.25) is 0 Å². The summed E-state index contributed by atoms with van der Waals surface area (Å²) in [5, 5.41) is 2.14. The van der Waals surface area contributed by atoms with Gasteiger partial charge in [-0.1, -0.05) is 0 Å². The summed E-state index contributed by atoms with van der Waals surface area (Å²) in [6.45, 7) is 2.16. The van der Waals surface area contributed by atoms with Crippen molar-refractivity contribution in [3.8, 4) is 10.4 Å². The highest BCUT2D eigenvalue weighted by Gasteiger charge is 2.09. The van der Waals surface area contributed by atoms with Crippen LogP contribution in [-0.4, -0.2) is 19.9 Å². The molecule has 4 aromatic rings. The number of aromatic amines is 2. The highest BCUT2D eigenvalue weighted by atomic mass is 32.1. The topological polar surface area (TPSA) is 57.4 Å². The van der Waals surface area contributed by atoms with Crippen LogP contribution in [0.25, 0.3) is 56.8 Å². The first-order chi connectivity index (χ1) is 14.7. The Hall–Kier alpha value is -3.70. The molecule has 2 N–H and O–H groups in total. The van der Waals surface area contributed by atoms with Crippen molar-refractivity contribution in [1.29, 1.82) is 0 Å². The molecule has 30 heavy (non-hydrogen) atoms. The van der Waals surface area contributed by atoms with Gasteiger partial charge in [-0.2, -0.15) is 0 Å². The molecule has 4 aromatic heterocycles. The van der Waals surface area contributed by atoms with Gasteiger partial charge in [0, 0.05) is 32.5 Å². The minimum Gasteiger partial charge on any atom is -0.355 e. The lowest BCUT2D eigenvalue weighted by atomic mass is 10.1. The Morgan fingerprint density at radius 2 is 1.33 bits per heavy atom. The van der Waals surface area contributed by atoms with Gasteiger partial charge in [-0.05, 0) is 90.7 Å². The molecule has 0 aromatic carbocycles. The Kier molecular flexibility index (Phi) is 3.82. The number of nitrogens with one attached hydrogen (secondary N) is 2. The van der Waals surface area contributed by atoms with Gasteiger partial charge in [0.1, 0.15) is 0 Å². The summed E-state index contributed by atoms with van der Waals surface area (Å²) in [5.41, 5.74) is 10.3. The molecule has 0 fully saturated rings. The van der Waals surface area contributed by atoms with Gasteiger partial charge < -0.3 is 9.97 Å². The molecule has 6 rings (SSSR count). The van der Waals surface area contributed by atoms with Crippen LogP contribution in [0.4, 0.5) is 0 Å². The zero-order valence-corrected chi connectivity index (χ0v) is 17.1. The average Bonchev–Trinajstić information content (AvgIpc) is 3.51. The van der Waals surface area contributed by atoms with Crippen LogP contribution in [0.3, 0.4) is 0 Å². The van der Waals surface area contributed by atoms with Gasteiger partial charge in [0.05, 0.1) is 22.8 Å². The molecule has 5 heteroatoms. The summed E-state index contributed by atoms with van der Waals surface area (Å²) in [7, 11) is 0. The molecule has 8 bridgehead atoms. The van der Waals surface area contributed by atoms with Crippen molar-refractivity contribution in [1.82, 2.24) is 19.9 Å². The highest BCUT2D eigenvalue weighted by molar-refractivity contribution is 7.13. The quantitative estimate of drug-likeness (QED) is 0.319. The number of fused-ring (bicyclic) bond motifs is 8. The van der Waals surface area contributed by atoms with Gasteiger partial charge in [0.25, 0.3) is 0 Å². The molecule has 6 heterocycles. The van der Waals surface area contributed by atoms with Crippen LogP contribution in [0.5, 0.6) is 0 Å². The molecule has 0 radical (unpaired) electrons. The van der Waals surface area contributed by atoms with Gasteiger partial charge in [-0.15, -0.1) is 11.3 Å². The Morgan fingerprint density at radius 1 is 0.667 bits per heavy atom. The zero-order valence-electron chi connectivity index (χ0n) is 16.3. The third-order valence-corrected chi connectivity index (χ3v) is 6.33. The van der Waals surface area contributed by atoms with Crippen LogP contribution in [-0.2, 0) is 0 Å². The van der Waals surface area contributed by atoms with E-state index >= 15 is 0 Å². The van der Waals surface area contributed by atoms with Crippen LogP contribution in [0, 0.1) is 6.92 Å². The summed E-state index contributed by atoms with van der Waals surface area (Å²) in [5.74, 6) is 0. The molecule has 2 aliphatic rings. The van der Waals surface area contributed by atoms with Crippen molar-refractivity contribution < 1.29 is 0 Å². The van der Waals surface area contributed by atoms with Crippen LogP contribution >= 0.6 is 11.3 Å². The monoisotopic (exact) mass is 406 g/mol. The molecular formula is C25H18N4S. The predicted molar refractivity (Wildman–Crippen MR) is 127 cm³/mol. The van der Waals surface area contributed by atoms with Crippen molar-refractivity contribution in [2.75, 3.05) is 0 Å². The number of aryl methyl sites for hydroxylation is 1. The fourth-order valence-electron chi connectivity index (χ4n) is 3.85. The summed E-state index contributed by atoms with van der Waals surface area (Å²) in [6.07, 6.45) is 8.13. The first kappa shape index (κ1) is 17.2. The van der Waals surface area contributed by atoms with Gasteiger partial charge in [-0.25, -0.2) is 9.97 Å². The standard InChI is InChI=1S/C25H18N4S/c1-15-8-9-30-25(15)23-13-22-12-20-5-4-18(27-20)10-16-2-3-17(26-16)11-19-6-7-21(28-19)14-24(23)29-22/h2-14,27,29H,1H3. The molecular weight excluding hydrogens is 388 g/mol. The van der Waals surface area contributed by atoms with E-state index in [1.165, 1.54) is 16.0 Å². The third kappa shape index (κ3) is 3.09. The molecule has 0 amide bonds. The number of hydrogen-bond acceptors (Lipinski definition) is 3. The van der Waals surface area contributed by atoms with Crippen molar-refractivity contribution in [3.63, 3.8) is 0 Å². The largest absolute Gasteiger partial charge is 0.355 e. The molecule has 0 atom stereocenters. The van der Waals surface area contributed by atoms with E-state index in [4.69, 9.17) is 4.98 Å². The summed E-state index contributed by atoms with van der Waals surface area (Å²) < 4.78 is 0. The van der Waals surface area contributed by atoms with E-state index in [1.807, 2.05) is 30.4 Å². The number of rotatable bonds is 1. The van der Waals surface area contributed by atoms with E-state index in [0.717, 1.165) is 44.8 Å². The molecule has 0 saturated carbocycles. The minimum absolute atomic E-state index is 0.910. The number of H-pyrrole nitrogens is 2. The summed E-state index contributed by atoms with van der Waals surface area (Å²) >= 11 is 1.77. The van der Waals surface area contributed by atoms with Crippen LogP contribution in [0.1, 0.15) is 28.3 Å². The molecule has 0 aliphatic carbocycles.